The maximum absolute atomic E-state index is 11.0. The molecule has 1 heterocycles. The zero-order valence-electron chi connectivity index (χ0n) is 9.92. The van der Waals surface area contributed by atoms with Crippen molar-refractivity contribution in [3.05, 3.63) is 36.0 Å². The summed E-state index contributed by atoms with van der Waals surface area (Å²) in [6.45, 7) is 1.79. The predicted molar refractivity (Wildman–Crippen MR) is 68.9 cm³/mol. The van der Waals surface area contributed by atoms with Gasteiger partial charge in [0, 0.05) is 17.1 Å². The summed E-state index contributed by atoms with van der Waals surface area (Å²) in [6, 6.07) is 8.62. The summed E-state index contributed by atoms with van der Waals surface area (Å²) in [5.74, 6) is -1.07. The number of anilines is 1. The Kier molecular flexibility index (Phi) is 3.43. The second-order valence-corrected chi connectivity index (χ2v) is 4.11. The predicted octanol–water partition coefficient (Wildman–Crippen LogP) is 1.73. The number of para-hydroxylation sites is 1. The van der Waals surface area contributed by atoms with Crippen molar-refractivity contribution in [2.45, 2.75) is 13.0 Å². The quantitative estimate of drug-likeness (QED) is 0.765. The number of nitrogens with zero attached hydrogens (tertiary/aromatic N) is 1. The normalized spacial score (nSPS) is 12.3. The fraction of sp³-hybridized carbons (Fsp3) is 0.231. The van der Waals surface area contributed by atoms with Gasteiger partial charge in [0.05, 0.1) is 12.1 Å². The monoisotopic (exact) mass is 246 g/mol. The smallest absolute Gasteiger partial charge is 0.354 e. The molecule has 2 aromatic rings. The molecule has 0 aliphatic heterocycles. The molecular weight excluding hydrogens is 232 g/mol. The number of hydrogen-bond donors (Lipinski definition) is 3. The molecule has 0 radical (unpaired) electrons. The first-order valence-corrected chi connectivity index (χ1v) is 5.62. The number of carbonyl (C=O) groups is 1. The van der Waals surface area contributed by atoms with E-state index in [1.54, 1.807) is 12.1 Å². The number of carboxylic acids is 1. The summed E-state index contributed by atoms with van der Waals surface area (Å²) < 4.78 is 0. The maximum atomic E-state index is 11.0. The van der Waals surface area contributed by atoms with Crippen LogP contribution in [-0.4, -0.2) is 33.8 Å². The Morgan fingerprint density at radius 2 is 2.17 bits per heavy atom. The number of aromatic carboxylic acids is 1. The largest absolute Gasteiger partial charge is 0.477 e. The number of aliphatic hydroxyl groups is 1. The van der Waals surface area contributed by atoms with Crippen molar-refractivity contribution in [3.63, 3.8) is 0 Å². The van der Waals surface area contributed by atoms with Crippen LogP contribution in [0.15, 0.2) is 30.3 Å². The standard InChI is InChI=1S/C13H14N2O3/c1-8(7-16)14-11-6-12(13(17)18)15-10-5-3-2-4-9(10)11/h2-6,8,16H,7H2,1H3,(H,14,15)(H,17,18). The number of nitrogens with one attached hydrogen (secondary N) is 1. The van der Waals surface area contributed by atoms with Gasteiger partial charge in [-0.2, -0.15) is 0 Å². The average Bonchev–Trinajstić information content (AvgIpc) is 2.38. The third kappa shape index (κ3) is 2.41. The third-order valence-electron chi connectivity index (χ3n) is 2.61. The van der Waals surface area contributed by atoms with Crippen molar-refractivity contribution in [2.75, 3.05) is 11.9 Å². The van der Waals surface area contributed by atoms with Crippen molar-refractivity contribution in [3.8, 4) is 0 Å². The van der Waals surface area contributed by atoms with Gasteiger partial charge in [-0.15, -0.1) is 0 Å². The fourth-order valence-corrected chi connectivity index (χ4v) is 1.72. The van der Waals surface area contributed by atoms with Crippen molar-refractivity contribution in [2.24, 2.45) is 0 Å². The second-order valence-electron chi connectivity index (χ2n) is 4.11. The Hall–Kier alpha value is -2.14. The van der Waals surface area contributed by atoms with Crippen LogP contribution in [0.5, 0.6) is 0 Å². The van der Waals surface area contributed by atoms with Gasteiger partial charge in [-0.05, 0) is 19.1 Å². The lowest BCUT2D eigenvalue weighted by atomic mass is 10.1. The first kappa shape index (κ1) is 12.3. The molecular formula is C13H14N2O3. The lowest BCUT2D eigenvalue weighted by molar-refractivity contribution is 0.0691. The van der Waals surface area contributed by atoms with Gasteiger partial charge >= 0.3 is 5.97 Å². The van der Waals surface area contributed by atoms with Gasteiger partial charge in [0.15, 0.2) is 5.69 Å². The van der Waals surface area contributed by atoms with Crippen LogP contribution < -0.4 is 5.32 Å². The van der Waals surface area contributed by atoms with Crippen LogP contribution >= 0.6 is 0 Å². The highest BCUT2D eigenvalue weighted by Gasteiger charge is 2.11. The minimum absolute atomic E-state index is 0.0126. The SMILES string of the molecule is CC(CO)Nc1cc(C(=O)O)nc2ccccc12. The average molecular weight is 246 g/mol. The molecule has 0 saturated carbocycles. The van der Waals surface area contributed by atoms with Gasteiger partial charge in [-0.3, -0.25) is 0 Å². The van der Waals surface area contributed by atoms with Crippen LogP contribution in [0.4, 0.5) is 5.69 Å². The van der Waals surface area contributed by atoms with Gasteiger partial charge in [0.25, 0.3) is 0 Å². The van der Waals surface area contributed by atoms with Crippen molar-refractivity contribution >= 4 is 22.6 Å². The highest BCUT2D eigenvalue weighted by atomic mass is 16.4. The van der Waals surface area contributed by atoms with Crippen LogP contribution in [0.25, 0.3) is 10.9 Å². The van der Waals surface area contributed by atoms with E-state index in [4.69, 9.17) is 10.2 Å². The molecule has 2 rings (SSSR count). The molecule has 1 aromatic carbocycles. The number of fused-ring (bicyclic) bond motifs is 1. The van der Waals surface area contributed by atoms with E-state index in [-0.39, 0.29) is 18.3 Å². The highest BCUT2D eigenvalue weighted by molar-refractivity contribution is 5.97. The van der Waals surface area contributed by atoms with E-state index in [1.165, 1.54) is 6.07 Å². The van der Waals surface area contributed by atoms with Crippen LogP contribution in [0.1, 0.15) is 17.4 Å². The molecule has 18 heavy (non-hydrogen) atoms. The van der Waals surface area contributed by atoms with Gasteiger partial charge in [-0.1, -0.05) is 18.2 Å². The number of rotatable bonds is 4. The van der Waals surface area contributed by atoms with E-state index in [0.29, 0.717) is 11.2 Å². The highest BCUT2D eigenvalue weighted by Crippen LogP contribution is 2.23. The molecule has 1 aromatic heterocycles. The van der Waals surface area contributed by atoms with E-state index in [1.807, 2.05) is 19.1 Å². The van der Waals surface area contributed by atoms with Crippen molar-refractivity contribution in [1.82, 2.24) is 4.98 Å². The number of benzene rings is 1. The Morgan fingerprint density at radius 1 is 1.44 bits per heavy atom. The van der Waals surface area contributed by atoms with Gasteiger partial charge < -0.3 is 15.5 Å². The molecule has 94 valence electrons. The molecule has 1 unspecified atom stereocenters. The minimum atomic E-state index is -1.07. The number of aliphatic hydroxyl groups excluding tert-OH is 1. The van der Waals surface area contributed by atoms with E-state index >= 15 is 0 Å². The van der Waals surface area contributed by atoms with Crippen LogP contribution in [0.2, 0.25) is 0 Å². The van der Waals surface area contributed by atoms with Gasteiger partial charge in [0.2, 0.25) is 0 Å². The van der Waals surface area contributed by atoms with E-state index in [9.17, 15) is 4.79 Å². The first-order valence-electron chi connectivity index (χ1n) is 5.62. The Bertz CT molecular complexity index is 583. The lowest BCUT2D eigenvalue weighted by Crippen LogP contribution is -2.20. The van der Waals surface area contributed by atoms with E-state index in [0.717, 1.165) is 5.39 Å². The number of hydrogen-bond acceptors (Lipinski definition) is 4. The van der Waals surface area contributed by atoms with Crippen LogP contribution in [0, 0.1) is 0 Å². The van der Waals surface area contributed by atoms with E-state index < -0.39 is 5.97 Å². The summed E-state index contributed by atoms with van der Waals surface area (Å²) in [4.78, 5) is 15.1. The zero-order valence-corrected chi connectivity index (χ0v) is 9.92. The van der Waals surface area contributed by atoms with Gasteiger partial charge in [-0.25, -0.2) is 9.78 Å². The zero-order chi connectivity index (χ0) is 13.1. The van der Waals surface area contributed by atoms with Crippen LogP contribution in [0.3, 0.4) is 0 Å². The summed E-state index contributed by atoms with van der Waals surface area (Å²) >= 11 is 0. The Labute approximate surface area is 104 Å². The molecule has 0 amide bonds. The fourth-order valence-electron chi connectivity index (χ4n) is 1.72. The molecule has 5 heteroatoms. The van der Waals surface area contributed by atoms with Gasteiger partial charge in [0.1, 0.15) is 0 Å². The molecule has 0 spiro atoms. The molecule has 5 nitrogen and oxygen atoms in total. The molecule has 0 aliphatic rings. The van der Waals surface area contributed by atoms with Crippen molar-refractivity contribution < 1.29 is 15.0 Å². The lowest BCUT2D eigenvalue weighted by Gasteiger charge is -2.15. The Balaban J connectivity index is 2.57. The molecule has 0 fully saturated rings. The number of carboxylic acid groups (broad SMARTS) is 1. The number of pyridine rings is 1. The van der Waals surface area contributed by atoms with Crippen LogP contribution in [-0.2, 0) is 0 Å². The molecule has 0 saturated heterocycles. The molecule has 0 aliphatic carbocycles. The Morgan fingerprint density at radius 3 is 2.83 bits per heavy atom. The summed E-state index contributed by atoms with van der Waals surface area (Å²) in [5, 5.41) is 22.0. The molecule has 1 atom stereocenters. The third-order valence-corrected chi connectivity index (χ3v) is 2.61. The second kappa shape index (κ2) is 5.01. The molecule has 0 bridgehead atoms. The topological polar surface area (TPSA) is 82.5 Å². The summed E-state index contributed by atoms with van der Waals surface area (Å²) in [5.41, 5.74) is 1.27. The summed E-state index contributed by atoms with van der Waals surface area (Å²) in [6.07, 6.45) is 0. The summed E-state index contributed by atoms with van der Waals surface area (Å²) in [7, 11) is 0. The molecule has 3 N–H and O–H groups in total. The minimum Gasteiger partial charge on any atom is -0.477 e. The van der Waals surface area contributed by atoms with E-state index in [2.05, 4.69) is 10.3 Å². The number of aromatic nitrogens is 1. The maximum Gasteiger partial charge on any atom is 0.354 e. The van der Waals surface area contributed by atoms with Crippen molar-refractivity contribution in [1.29, 1.82) is 0 Å². The first-order chi connectivity index (χ1) is 8.61.